The van der Waals surface area contributed by atoms with Gasteiger partial charge in [-0.05, 0) is 58.6 Å². The first-order valence-corrected chi connectivity index (χ1v) is 9.08. The van der Waals surface area contributed by atoms with Crippen LogP contribution < -0.4 is 10.6 Å². The minimum absolute atomic E-state index is 0.0143. The highest BCUT2D eigenvalue weighted by Gasteiger charge is 2.41. The second kappa shape index (κ2) is 6.65. The molecule has 2 saturated carbocycles. The third-order valence-electron chi connectivity index (χ3n) is 5.26. The lowest BCUT2D eigenvalue weighted by atomic mass is 10.0. The fourth-order valence-corrected chi connectivity index (χ4v) is 3.25. The van der Waals surface area contributed by atoms with E-state index in [0.29, 0.717) is 34.5 Å². The molecule has 6 nitrogen and oxygen atoms in total. The third-order valence-corrected chi connectivity index (χ3v) is 5.26. The number of hydrogen-bond donors (Lipinski definition) is 2. The summed E-state index contributed by atoms with van der Waals surface area (Å²) in [5.41, 5.74) is 1.14. The molecule has 6 heteroatoms. The summed E-state index contributed by atoms with van der Waals surface area (Å²) in [6, 6.07) is 0.214. The Kier molecular flexibility index (Phi) is 4.71. The molecule has 2 aliphatic carbocycles. The molecule has 2 fully saturated rings. The monoisotopic (exact) mass is 344 g/mol. The van der Waals surface area contributed by atoms with Crippen LogP contribution in [-0.4, -0.2) is 37.2 Å². The van der Waals surface area contributed by atoms with E-state index in [1.165, 1.54) is 12.8 Å². The van der Waals surface area contributed by atoms with Crippen LogP contribution in [0.5, 0.6) is 0 Å². The van der Waals surface area contributed by atoms with Crippen LogP contribution in [0.1, 0.15) is 52.9 Å². The maximum absolute atomic E-state index is 13.0. The lowest BCUT2D eigenvalue weighted by Crippen LogP contribution is -2.38. The molecule has 3 rings (SSSR count). The molecule has 2 N–H and O–H groups in total. The Morgan fingerprint density at radius 1 is 1.44 bits per heavy atom. The van der Waals surface area contributed by atoms with Crippen LogP contribution in [0.3, 0.4) is 0 Å². The zero-order valence-electron chi connectivity index (χ0n) is 15.6. The minimum atomic E-state index is -0.117. The van der Waals surface area contributed by atoms with E-state index in [1.807, 2.05) is 0 Å². The van der Waals surface area contributed by atoms with Crippen LogP contribution in [0.4, 0.5) is 0 Å². The maximum atomic E-state index is 13.0. The minimum Gasteiger partial charge on any atom is -0.442 e. The van der Waals surface area contributed by atoms with Gasteiger partial charge in [0, 0.05) is 18.6 Å². The Bertz CT molecular complexity index is 682. The van der Waals surface area contributed by atoms with Crippen molar-refractivity contribution in [3.63, 3.8) is 0 Å². The molecule has 0 aromatic carbocycles. The Hall–Kier alpha value is -2.11. The molecule has 1 unspecified atom stereocenters. The molecular formula is C19H28N4O2. The quantitative estimate of drug-likeness (QED) is 0.697. The van der Waals surface area contributed by atoms with Gasteiger partial charge in [-0.1, -0.05) is 6.92 Å². The zero-order chi connectivity index (χ0) is 18.2. The van der Waals surface area contributed by atoms with Crippen LogP contribution >= 0.6 is 0 Å². The molecule has 1 atom stereocenters. The van der Waals surface area contributed by atoms with E-state index in [2.05, 4.69) is 41.2 Å². The number of hydrogen-bond acceptors (Lipinski definition) is 5. The van der Waals surface area contributed by atoms with Crippen LogP contribution in [-0.2, 0) is 9.53 Å². The summed E-state index contributed by atoms with van der Waals surface area (Å²) in [6.07, 6.45) is 5.46. The molecule has 0 spiro atoms. The van der Waals surface area contributed by atoms with Crippen LogP contribution in [0.2, 0.25) is 0 Å². The fourth-order valence-electron chi connectivity index (χ4n) is 3.25. The Balaban J connectivity index is 1.92. The summed E-state index contributed by atoms with van der Waals surface area (Å²) < 4.78 is 5.75. The summed E-state index contributed by atoms with van der Waals surface area (Å²) in [6.45, 7) is 9.72. The van der Waals surface area contributed by atoms with Gasteiger partial charge in [0.25, 0.3) is 5.91 Å². The highest BCUT2D eigenvalue weighted by atomic mass is 16.5. The van der Waals surface area contributed by atoms with Gasteiger partial charge in [0.1, 0.15) is 11.6 Å². The second-order valence-electron chi connectivity index (χ2n) is 7.46. The van der Waals surface area contributed by atoms with Gasteiger partial charge in [0.05, 0.1) is 11.1 Å². The number of ether oxygens (including phenoxy) is 1. The molecule has 0 aromatic heterocycles. The summed E-state index contributed by atoms with van der Waals surface area (Å²) in [7, 11) is 1.65. The van der Waals surface area contributed by atoms with Gasteiger partial charge in [-0.3, -0.25) is 9.79 Å². The van der Waals surface area contributed by atoms with Crippen molar-refractivity contribution in [2.75, 3.05) is 7.05 Å². The molecule has 0 bridgehead atoms. The molecule has 25 heavy (non-hydrogen) atoms. The molecule has 1 heterocycles. The molecule has 0 saturated heterocycles. The predicted octanol–water partition coefficient (Wildman–Crippen LogP) is 2.68. The number of rotatable bonds is 7. The topological polar surface area (TPSA) is 75.1 Å². The lowest BCUT2D eigenvalue weighted by molar-refractivity contribution is -0.118. The first kappa shape index (κ1) is 17.7. The summed E-state index contributed by atoms with van der Waals surface area (Å²) in [5.74, 6) is 2.03. The third kappa shape index (κ3) is 3.62. The average Bonchev–Trinajstić information content (AvgIpc) is 3.51. The van der Waals surface area contributed by atoms with E-state index < -0.39 is 0 Å². The van der Waals surface area contributed by atoms with E-state index in [-0.39, 0.29) is 17.5 Å². The van der Waals surface area contributed by atoms with Crippen molar-refractivity contribution in [1.29, 1.82) is 0 Å². The lowest BCUT2D eigenvalue weighted by Gasteiger charge is -2.19. The van der Waals surface area contributed by atoms with Crippen molar-refractivity contribution in [3.05, 3.63) is 22.7 Å². The van der Waals surface area contributed by atoms with Crippen LogP contribution in [0.25, 0.3) is 0 Å². The van der Waals surface area contributed by atoms with Gasteiger partial charge in [-0.25, -0.2) is 4.99 Å². The number of aliphatic imine (C=N–C) groups is 2. The zero-order valence-corrected chi connectivity index (χ0v) is 15.6. The van der Waals surface area contributed by atoms with Crippen molar-refractivity contribution in [1.82, 2.24) is 10.6 Å². The predicted molar refractivity (Wildman–Crippen MR) is 99.4 cm³/mol. The number of carbonyl (C=O) groups excluding carboxylic acids is 1. The van der Waals surface area contributed by atoms with Gasteiger partial charge in [-0.15, -0.1) is 0 Å². The van der Waals surface area contributed by atoms with Gasteiger partial charge in [-0.2, -0.15) is 0 Å². The molecule has 1 amide bonds. The van der Waals surface area contributed by atoms with Crippen molar-refractivity contribution in [3.8, 4) is 0 Å². The maximum Gasteiger partial charge on any atom is 0.255 e. The Morgan fingerprint density at radius 3 is 2.60 bits per heavy atom. The number of allylic oxidation sites excluding steroid dienone is 1. The molecule has 0 radical (unpaired) electrons. The van der Waals surface area contributed by atoms with Crippen LogP contribution in [0, 0.1) is 5.92 Å². The summed E-state index contributed by atoms with van der Waals surface area (Å²) in [5, 5.41) is 6.58. The number of nitrogens with one attached hydrogen (secondary N) is 2. The first-order valence-electron chi connectivity index (χ1n) is 9.08. The van der Waals surface area contributed by atoms with Crippen molar-refractivity contribution in [2.45, 2.75) is 64.5 Å². The van der Waals surface area contributed by atoms with E-state index in [9.17, 15) is 4.79 Å². The van der Waals surface area contributed by atoms with Gasteiger partial charge in [0.15, 0.2) is 0 Å². The highest BCUT2D eigenvalue weighted by molar-refractivity contribution is 6.14. The molecule has 0 aromatic rings. The van der Waals surface area contributed by atoms with E-state index in [4.69, 9.17) is 4.74 Å². The van der Waals surface area contributed by atoms with Crippen molar-refractivity contribution < 1.29 is 9.53 Å². The first-order chi connectivity index (χ1) is 11.9. The van der Waals surface area contributed by atoms with Gasteiger partial charge >= 0.3 is 0 Å². The number of carbonyl (C=O) groups is 1. The number of nitrogens with zero attached hydrogens (tertiary/aromatic N) is 2. The van der Waals surface area contributed by atoms with Crippen molar-refractivity contribution in [2.24, 2.45) is 15.9 Å². The molecule has 1 aliphatic heterocycles. The standard InChI is InChI=1S/C19H28N4O2/c1-6-13(12-7-8-12)22-17(24)14-11(2)25-18(21-5)15(14)16(20-4)23-19(3)9-10-19/h12-13,23H,4,6-10H2,1-3,5H3,(H,22,24)/b16-15+,21-18+. The second-order valence-corrected chi connectivity index (χ2v) is 7.46. The normalized spacial score (nSPS) is 26.2. The van der Waals surface area contributed by atoms with E-state index >= 15 is 0 Å². The largest absolute Gasteiger partial charge is 0.442 e. The molecular weight excluding hydrogens is 316 g/mol. The summed E-state index contributed by atoms with van der Waals surface area (Å²) in [4.78, 5) is 21.4. The average molecular weight is 344 g/mol. The van der Waals surface area contributed by atoms with Crippen LogP contribution in [0.15, 0.2) is 32.7 Å². The van der Waals surface area contributed by atoms with Gasteiger partial charge < -0.3 is 15.4 Å². The highest BCUT2D eigenvalue weighted by Crippen LogP contribution is 2.38. The molecule has 136 valence electrons. The summed E-state index contributed by atoms with van der Waals surface area (Å²) >= 11 is 0. The van der Waals surface area contributed by atoms with Gasteiger partial charge in [0.2, 0.25) is 5.90 Å². The fraction of sp³-hybridized carbons (Fsp3) is 0.632. The van der Waals surface area contributed by atoms with Crippen molar-refractivity contribution >= 4 is 18.5 Å². The smallest absolute Gasteiger partial charge is 0.255 e. The van der Waals surface area contributed by atoms with E-state index in [0.717, 1.165) is 19.3 Å². The number of amides is 1. The Labute approximate surface area is 149 Å². The SMILES string of the molecule is C=N/C(NC1(C)CC1)=C1/C(C(=O)NC(CC)C2CC2)=C(C)O/C1=N/C. The Morgan fingerprint density at radius 2 is 2.12 bits per heavy atom. The van der Waals surface area contributed by atoms with E-state index in [1.54, 1.807) is 14.0 Å². The molecule has 3 aliphatic rings.